The highest BCUT2D eigenvalue weighted by molar-refractivity contribution is 7.91. The van der Waals surface area contributed by atoms with Gasteiger partial charge in [0.15, 0.2) is 4.80 Å². The van der Waals surface area contributed by atoms with E-state index in [1.54, 1.807) is 6.07 Å². The van der Waals surface area contributed by atoms with Crippen LogP contribution in [-0.2, 0) is 21.4 Å². The van der Waals surface area contributed by atoms with Crippen LogP contribution in [0.3, 0.4) is 0 Å². The molecule has 1 saturated heterocycles. The molecule has 0 radical (unpaired) electrons. The van der Waals surface area contributed by atoms with Crippen molar-refractivity contribution >= 4 is 60.4 Å². The molecule has 2 aromatic heterocycles. The number of fused-ring (bicyclic) bond motifs is 1. The van der Waals surface area contributed by atoms with Gasteiger partial charge in [0.2, 0.25) is 0 Å². The highest BCUT2D eigenvalue weighted by Crippen LogP contribution is 2.32. The first-order chi connectivity index (χ1) is 14.7. The molecular formula is C21H24ClN3O3S3. The van der Waals surface area contributed by atoms with Crippen LogP contribution in [0.5, 0.6) is 0 Å². The SMILES string of the molecule is CCn1c(=NC(=O)C2CCCCN2S(=O)(=O)c2ccc(Cl)s2)sc2cc(C)c(C)cc21. The van der Waals surface area contributed by atoms with Gasteiger partial charge in [0, 0.05) is 13.1 Å². The summed E-state index contributed by atoms with van der Waals surface area (Å²) in [7, 11) is -3.80. The number of piperidine rings is 1. The zero-order valence-corrected chi connectivity index (χ0v) is 20.8. The lowest BCUT2D eigenvalue weighted by Gasteiger charge is -2.31. The van der Waals surface area contributed by atoms with E-state index in [0.29, 0.717) is 28.6 Å². The van der Waals surface area contributed by atoms with Crippen LogP contribution in [0, 0.1) is 13.8 Å². The largest absolute Gasteiger partial charge is 0.317 e. The van der Waals surface area contributed by atoms with E-state index in [1.165, 1.54) is 32.8 Å². The smallest absolute Gasteiger partial charge is 0.266 e. The van der Waals surface area contributed by atoms with Gasteiger partial charge in [-0.3, -0.25) is 4.79 Å². The zero-order valence-electron chi connectivity index (χ0n) is 17.6. The van der Waals surface area contributed by atoms with Crippen LogP contribution in [-0.4, -0.2) is 35.8 Å². The molecule has 0 saturated carbocycles. The van der Waals surface area contributed by atoms with Gasteiger partial charge in [0.05, 0.1) is 14.6 Å². The fourth-order valence-corrected chi connectivity index (χ4v) is 8.31. The number of nitrogens with zero attached hydrogens (tertiary/aromatic N) is 3. The van der Waals surface area contributed by atoms with Crippen LogP contribution in [0.1, 0.15) is 37.3 Å². The molecule has 0 aliphatic carbocycles. The molecule has 1 atom stereocenters. The molecule has 3 aromatic rings. The van der Waals surface area contributed by atoms with Crippen LogP contribution in [0.25, 0.3) is 10.2 Å². The number of aromatic nitrogens is 1. The van der Waals surface area contributed by atoms with Crippen LogP contribution < -0.4 is 4.80 Å². The lowest BCUT2D eigenvalue weighted by Crippen LogP contribution is -2.47. The number of amides is 1. The molecule has 10 heteroatoms. The van der Waals surface area contributed by atoms with Crippen molar-refractivity contribution in [1.29, 1.82) is 0 Å². The quantitative estimate of drug-likeness (QED) is 0.523. The normalized spacial score (nSPS) is 18.7. The van der Waals surface area contributed by atoms with E-state index in [1.807, 2.05) is 11.5 Å². The van der Waals surface area contributed by atoms with Crippen LogP contribution >= 0.6 is 34.3 Å². The topological polar surface area (TPSA) is 71.7 Å². The van der Waals surface area contributed by atoms with E-state index in [-0.39, 0.29) is 4.21 Å². The number of thiazole rings is 1. The first-order valence-corrected chi connectivity index (χ1v) is 13.6. The molecule has 1 aliphatic rings. The summed E-state index contributed by atoms with van der Waals surface area (Å²) in [5.74, 6) is -0.409. The molecule has 3 heterocycles. The standard InChI is InChI=1S/C21H24ClN3O3S3/c1-4-24-16-11-13(2)14(3)12-17(16)29-21(24)23-20(26)15-7-5-6-10-25(15)31(27,28)19-9-8-18(22)30-19/h8-9,11-12,15H,4-7,10H2,1-3H3. The molecule has 6 nitrogen and oxygen atoms in total. The van der Waals surface area contributed by atoms with Crippen molar-refractivity contribution in [3.8, 4) is 0 Å². The molecule has 1 unspecified atom stereocenters. The summed E-state index contributed by atoms with van der Waals surface area (Å²) < 4.78 is 31.3. The first-order valence-electron chi connectivity index (χ1n) is 10.2. The number of hydrogen-bond donors (Lipinski definition) is 0. The Kier molecular flexibility index (Phi) is 6.42. The predicted molar refractivity (Wildman–Crippen MR) is 126 cm³/mol. The number of aryl methyl sites for hydroxylation is 3. The van der Waals surface area contributed by atoms with Crippen molar-refractivity contribution in [2.75, 3.05) is 6.54 Å². The van der Waals surface area contributed by atoms with Crippen LogP contribution in [0.2, 0.25) is 4.34 Å². The molecule has 31 heavy (non-hydrogen) atoms. The van der Waals surface area contributed by atoms with Gasteiger partial charge in [0.25, 0.3) is 15.9 Å². The molecule has 1 fully saturated rings. The monoisotopic (exact) mass is 497 g/mol. The summed E-state index contributed by atoms with van der Waals surface area (Å²) in [6.07, 6.45) is 1.98. The summed E-state index contributed by atoms with van der Waals surface area (Å²) in [4.78, 5) is 18.3. The number of carbonyl (C=O) groups is 1. The highest BCUT2D eigenvalue weighted by Gasteiger charge is 2.38. The lowest BCUT2D eigenvalue weighted by molar-refractivity contribution is -0.122. The van der Waals surface area contributed by atoms with Gasteiger partial charge in [-0.1, -0.05) is 29.4 Å². The molecule has 1 amide bonds. The predicted octanol–water partition coefficient (Wildman–Crippen LogP) is 4.73. The van der Waals surface area contributed by atoms with E-state index in [2.05, 4.69) is 31.0 Å². The third kappa shape index (κ3) is 4.26. The molecule has 166 valence electrons. The fraction of sp³-hybridized carbons (Fsp3) is 0.429. The number of sulfonamides is 1. The Morgan fingerprint density at radius 2 is 1.94 bits per heavy atom. The van der Waals surface area contributed by atoms with Gasteiger partial charge >= 0.3 is 0 Å². The van der Waals surface area contributed by atoms with Crippen molar-refractivity contribution in [3.63, 3.8) is 0 Å². The van der Waals surface area contributed by atoms with Gasteiger partial charge in [0.1, 0.15) is 10.3 Å². The summed E-state index contributed by atoms with van der Waals surface area (Å²) in [6, 6.07) is 6.50. The maximum Gasteiger partial charge on any atom is 0.266 e. The first kappa shape index (κ1) is 22.7. The molecular weight excluding hydrogens is 474 g/mol. The van der Waals surface area contributed by atoms with Crippen molar-refractivity contribution in [3.05, 3.63) is 44.5 Å². The Morgan fingerprint density at radius 3 is 2.61 bits per heavy atom. The van der Waals surface area contributed by atoms with Crippen molar-refractivity contribution < 1.29 is 13.2 Å². The number of thiophene rings is 1. The summed E-state index contributed by atoms with van der Waals surface area (Å²) in [5.41, 5.74) is 3.42. The lowest BCUT2D eigenvalue weighted by atomic mass is 10.0. The third-order valence-corrected chi connectivity index (χ3v) is 10.3. The second-order valence-electron chi connectivity index (χ2n) is 7.67. The number of rotatable bonds is 4. The number of halogens is 1. The van der Waals surface area contributed by atoms with Gasteiger partial charge in [-0.05, 0) is 69.0 Å². The Morgan fingerprint density at radius 1 is 1.19 bits per heavy atom. The minimum absolute atomic E-state index is 0.161. The maximum atomic E-state index is 13.2. The Balaban J connectivity index is 1.75. The average molecular weight is 498 g/mol. The van der Waals surface area contributed by atoms with Gasteiger partial charge in [-0.25, -0.2) is 8.42 Å². The molecule has 1 aliphatic heterocycles. The second kappa shape index (κ2) is 8.78. The van der Waals surface area contributed by atoms with Crippen LogP contribution in [0.15, 0.2) is 33.5 Å². The molecule has 0 spiro atoms. The van der Waals surface area contributed by atoms with E-state index in [9.17, 15) is 13.2 Å². The van der Waals surface area contributed by atoms with E-state index < -0.39 is 22.0 Å². The summed E-state index contributed by atoms with van der Waals surface area (Å²) in [6.45, 7) is 7.13. The minimum atomic E-state index is -3.80. The highest BCUT2D eigenvalue weighted by atomic mass is 35.5. The second-order valence-corrected chi connectivity index (χ2v) is 12.5. The molecule has 0 N–H and O–H groups in total. The fourth-order valence-electron chi connectivity index (χ4n) is 3.87. The van der Waals surface area contributed by atoms with E-state index >= 15 is 0 Å². The van der Waals surface area contributed by atoms with E-state index in [0.717, 1.165) is 34.4 Å². The Bertz CT molecular complexity index is 1320. The number of benzene rings is 1. The summed E-state index contributed by atoms with van der Waals surface area (Å²) >= 11 is 8.43. The number of carbonyl (C=O) groups excluding carboxylic acids is 1. The Hall–Kier alpha value is -1.52. The van der Waals surface area contributed by atoms with E-state index in [4.69, 9.17) is 11.6 Å². The van der Waals surface area contributed by atoms with Gasteiger partial charge < -0.3 is 4.57 Å². The number of hydrogen-bond acceptors (Lipinski definition) is 5. The average Bonchev–Trinajstić information content (AvgIpc) is 3.32. The Labute approximate surface area is 194 Å². The third-order valence-electron chi connectivity index (χ3n) is 5.67. The van der Waals surface area contributed by atoms with Crippen molar-refractivity contribution in [2.24, 2.45) is 4.99 Å². The summed E-state index contributed by atoms with van der Waals surface area (Å²) in [5, 5.41) is 0. The van der Waals surface area contributed by atoms with Gasteiger partial charge in [-0.15, -0.1) is 11.3 Å². The van der Waals surface area contributed by atoms with Gasteiger partial charge in [-0.2, -0.15) is 9.30 Å². The van der Waals surface area contributed by atoms with Crippen LogP contribution in [0.4, 0.5) is 0 Å². The molecule has 1 aromatic carbocycles. The molecule has 4 rings (SSSR count). The van der Waals surface area contributed by atoms with Crippen molar-refractivity contribution in [1.82, 2.24) is 8.87 Å². The van der Waals surface area contributed by atoms with Crippen molar-refractivity contribution in [2.45, 2.75) is 56.8 Å². The molecule has 0 bridgehead atoms. The zero-order chi connectivity index (χ0) is 22.3. The minimum Gasteiger partial charge on any atom is -0.317 e. The maximum absolute atomic E-state index is 13.2.